The number of benzene rings is 2. The molecular weight excluding hydrogens is 344 g/mol. The van der Waals surface area contributed by atoms with Crippen LogP contribution in [0.5, 0.6) is 0 Å². The first kappa shape index (κ1) is 19.0. The predicted octanol–water partition coefficient (Wildman–Crippen LogP) is 3.39. The third-order valence-corrected chi connectivity index (χ3v) is 5.74. The first-order chi connectivity index (χ1) is 12.7. The van der Waals surface area contributed by atoms with Crippen molar-refractivity contribution in [2.45, 2.75) is 43.8 Å². The van der Waals surface area contributed by atoms with Crippen LogP contribution in [-0.2, 0) is 9.53 Å². The minimum atomic E-state index is -1.44. The molecule has 1 heterocycles. The molecule has 0 aliphatic carbocycles. The van der Waals surface area contributed by atoms with Crippen molar-refractivity contribution in [3.8, 4) is 0 Å². The van der Waals surface area contributed by atoms with Crippen LogP contribution in [0.25, 0.3) is 0 Å². The Morgan fingerprint density at radius 1 is 1.07 bits per heavy atom. The number of hydrogen-bond acceptors (Lipinski definition) is 5. The molecule has 1 aliphatic heterocycles. The fraction of sp³-hybridized carbons (Fsp3) is 0.381. The summed E-state index contributed by atoms with van der Waals surface area (Å²) in [6.07, 6.45) is 0. The summed E-state index contributed by atoms with van der Waals surface area (Å²) in [7, 11) is 1.31. The maximum absolute atomic E-state index is 12.8. The van der Waals surface area contributed by atoms with Gasteiger partial charge in [-0.15, -0.1) is 0 Å². The number of hydrogen-bond donors (Lipinski definition) is 1. The highest BCUT2D eigenvalue weighted by Crippen LogP contribution is 2.53. The topological polar surface area (TPSA) is 81.5 Å². The van der Waals surface area contributed by atoms with E-state index in [0.717, 1.165) is 16.7 Å². The van der Waals surface area contributed by atoms with Crippen molar-refractivity contribution in [2.24, 2.45) is 0 Å². The molecule has 2 aromatic carbocycles. The van der Waals surface area contributed by atoms with Crippen LogP contribution in [0.15, 0.2) is 54.6 Å². The quantitative estimate of drug-likeness (QED) is 0.508. The fourth-order valence-corrected chi connectivity index (χ4v) is 4.38. The summed E-state index contributed by atoms with van der Waals surface area (Å²) in [6, 6.07) is 16.1. The lowest BCUT2D eigenvalue weighted by Gasteiger charge is -2.32. The molecule has 142 valence electrons. The molecule has 0 saturated carbocycles. The molecule has 1 aliphatic rings. The van der Waals surface area contributed by atoms with Gasteiger partial charge in [0.1, 0.15) is 11.6 Å². The number of carbonyl (C=O) groups is 1. The van der Waals surface area contributed by atoms with Gasteiger partial charge in [-0.25, -0.2) is 0 Å². The Morgan fingerprint density at radius 2 is 1.67 bits per heavy atom. The van der Waals surface area contributed by atoms with Crippen LogP contribution in [0.4, 0.5) is 0 Å². The van der Waals surface area contributed by atoms with Crippen LogP contribution < -0.4 is 5.32 Å². The van der Waals surface area contributed by atoms with E-state index < -0.39 is 29.0 Å². The molecule has 0 bridgehead atoms. The van der Waals surface area contributed by atoms with Crippen molar-refractivity contribution in [3.63, 3.8) is 0 Å². The van der Waals surface area contributed by atoms with Crippen molar-refractivity contribution in [1.82, 2.24) is 5.32 Å². The first-order valence-electron chi connectivity index (χ1n) is 8.87. The summed E-state index contributed by atoms with van der Waals surface area (Å²) < 4.78 is 5.04. The molecule has 0 spiro atoms. The van der Waals surface area contributed by atoms with Gasteiger partial charge in [0.2, 0.25) is 5.54 Å². The van der Waals surface area contributed by atoms with E-state index in [1.165, 1.54) is 7.11 Å². The Labute approximate surface area is 158 Å². The molecule has 2 aromatic rings. The van der Waals surface area contributed by atoms with Gasteiger partial charge in [-0.3, -0.25) is 20.2 Å². The molecule has 3 rings (SSSR count). The highest BCUT2D eigenvalue weighted by Gasteiger charge is 2.69. The average molecular weight is 368 g/mol. The van der Waals surface area contributed by atoms with E-state index in [4.69, 9.17) is 4.74 Å². The fourth-order valence-electron chi connectivity index (χ4n) is 4.38. The summed E-state index contributed by atoms with van der Waals surface area (Å²) >= 11 is 0. The second-order valence-corrected chi connectivity index (χ2v) is 7.51. The molecule has 1 fully saturated rings. The summed E-state index contributed by atoms with van der Waals surface area (Å²) in [4.78, 5) is 24.9. The minimum absolute atomic E-state index is 0.267. The Kier molecular flexibility index (Phi) is 4.78. The zero-order valence-corrected chi connectivity index (χ0v) is 15.9. The number of rotatable bonds is 4. The highest BCUT2D eigenvalue weighted by molar-refractivity contribution is 5.83. The molecule has 6 nitrogen and oxygen atoms in total. The second kappa shape index (κ2) is 6.78. The molecule has 1 saturated heterocycles. The van der Waals surface area contributed by atoms with Gasteiger partial charge in [0.25, 0.3) is 0 Å². The van der Waals surface area contributed by atoms with E-state index in [2.05, 4.69) is 5.32 Å². The maximum Gasteiger partial charge on any atom is 0.326 e. The van der Waals surface area contributed by atoms with Gasteiger partial charge in [-0.1, -0.05) is 60.2 Å². The van der Waals surface area contributed by atoms with E-state index in [1.54, 1.807) is 13.8 Å². The van der Waals surface area contributed by atoms with Crippen LogP contribution in [0.3, 0.4) is 0 Å². The van der Waals surface area contributed by atoms with Gasteiger partial charge in [0.15, 0.2) is 0 Å². The molecule has 0 radical (unpaired) electrons. The molecule has 27 heavy (non-hydrogen) atoms. The summed E-state index contributed by atoms with van der Waals surface area (Å²) in [5, 5.41) is 15.6. The summed E-state index contributed by atoms with van der Waals surface area (Å²) in [5.74, 6) is -1.22. The van der Waals surface area contributed by atoms with Crippen molar-refractivity contribution < 1.29 is 14.5 Å². The minimum Gasteiger partial charge on any atom is -0.468 e. The van der Waals surface area contributed by atoms with E-state index in [1.807, 2.05) is 61.5 Å². The van der Waals surface area contributed by atoms with Gasteiger partial charge in [0.05, 0.1) is 13.0 Å². The first-order valence-corrected chi connectivity index (χ1v) is 8.87. The second-order valence-electron chi connectivity index (χ2n) is 7.51. The lowest BCUT2D eigenvalue weighted by Crippen LogP contribution is -2.51. The number of ether oxygens (including phenoxy) is 1. The van der Waals surface area contributed by atoms with Crippen molar-refractivity contribution in [2.75, 3.05) is 7.11 Å². The molecular formula is C21H24N2O4. The number of nitrogens with zero attached hydrogens (tertiary/aromatic N) is 1. The van der Waals surface area contributed by atoms with Crippen LogP contribution in [0, 0.1) is 17.0 Å². The zero-order valence-electron chi connectivity index (χ0n) is 15.9. The Balaban J connectivity index is 2.24. The van der Waals surface area contributed by atoms with Gasteiger partial charge in [-0.05, 0) is 25.0 Å². The van der Waals surface area contributed by atoms with E-state index in [-0.39, 0.29) is 4.92 Å². The van der Waals surface area contributed by atoms with E-state index in [0.29, 0.717) is 0 Å². The Morgan fingerprint density at radius 3 is 2.19 bits per heavy atom. The number of aryl methyl sites for hydroxylation is 1. The number of carbonyl (C=O) groups excluding carboxylic acids is 1. The molecule has 6 heteroatoms. The van der Waals surface area contributed by atoms with Crippen molar-refractivity contribution in [3.05, 3.63) is 81.4 Å². The third kappa shape index (κ3) is 2.90. The standard InChI is InChI=1S/C21H24N2O4/c1-14-10-12-16(13-11-14)18-21(3,23(25)26)17(15-8-6-5-7-9-15)20(2,22-18)19(24)27-4/h5-13,17-18,22H,1-4H3/t17-,18+,20+,21+/m1/s1. The average Bonchev–Trinajstić information content (AvgIpc) is 2.92. The Hall–Kier alpha value is -2.73. The van der Waals surface area contributed by atoms with E-state index >= 15 is 0 Å². The number of nitro groups is 1. The van der Waals surface area contributed by atoms with Crippen molar-refractivity contribution >= 4 is 5.97 Å². The molecule has 0 aromatic heterocycles. The number of nitrogens with one attached hydrogen (secondary N) is 1. The molecule has 4 atom stereocenters. The van der Waals surface area contributed by atoms with Crippen LogP contribution in [-0.4, -0.2) is 29.1 Å². The summed E-state index contributed by atoms with van der Waals surface area (Å²) in [6.45, 7) is 5.26. The van der Waals surface area contributed by atoms with Gasteiger partial charge < -0.3 is 4.74 Å². The van der Waals surface area contributed by atoms with Crippen LogP contribution in [0.1, 0.15) is 42.5 Å². The van der Waals surface area contributed by atoms with Crippen molar-refractivity contribution in [1.29, 1.82) is 0 Å². The van der Waals surface area contributed by atoms with Gasteiger partial charge in [-0.2, -0.15) is 0 Å². The number of esters is 1. The smallest absolute Gasteiger partial charge is 0.326 e. The maximum atomic E-state index is 12.8. The van der Waals surface area contributed by atoms with Crippen LogP contribution in [0.2, 0.25) is 0 Å². The SMILES string of the molecule is COC(=O)[C@@]1(C)N[C@@H](c2ccc(C)cc2)[C@@](C)([N+](=O)[O-])[C@@H]1c1ccccc1. The zero-order chi connectivity index (χ0) is 19.8. The highest BCUT2D eigenvalue weighted by atomic mass is 16.6. The normalized spacial score (nSPS) is 30.1. The number of methoxy groups -OCH3 is 1. The third-order valence-electron chi connectivity index (χ3n) is 5.74. The molecule has 0 unspecified atom stereocenters. The van der Waals surface area contributed by atoms with E-state index in [9.17, 15) is 14.9 Å². The predicted molar refractivity (Wildman–Crippen MR) is 102 cm³/mol. The lowest BCUT2D eigenvalue weighted by atomic mass is 9.70. The van der Waals surface area contributed by atoms with Gasteiger partial charge in [0, 0.05) is 11.8 Å². The monoisotopic (exact) mass is 368 g/mol. The molecule has 0 amide bonds. The molecule has 1 N–H and O–H groups in total. The Bertz CT molecular complexity index is 852. The lowest BCUT2D eigenvalue weighted by molar-refractivity contribution is -0.571. The largest absolute Gasteiger partial charge is 0.468 e. The van der Waals surface area contributed by atoms with Gasteiger partial charge >= 0.3 is 5.97 Å². The summed E-state index contributed by atoms with van der Waals surface area (Å²) in [5.41, 5.74) is -0.123. The van der Waals surface area contributed by atoms with Crippen LogP contribution >= 0.6 is 0 Å².